The highest BCUT2D eigenvalue weighted by Crippen LogP contribution is 2.19. The lowest BCUT2D eigenvalue weighted by molar-refractivity contribution is -0.187. The molecule has 0 N–H and O–H groups in total. The number of esters is 1. The Morgan fingerprint density at radius 3 is 2.28 bits per heavy atom. The Kier molecular flexibility index (Phi) is 6.05. The zero-order chi connectivity index (χ0) is 18.6. The molecule has 0 saturated carbocycles. The van der Waals surface area contributed by atoms with E-state index >= 15 is 0 Å². The highest BCUT2D eigenvalue weighted by molar-refractivity contribution is 5.89. The molecule has 1 saturated heterocycles. The molecule has 8 heteroatoms. The van der Waals surface area contributed by atoms with Crippen molar-refractivity contribution in [3.8, 4) is 0 Å². The minimum absolute atomic E-state index is 0.0173. The zero-order valence-corrected chi connectivity index (χ0v) is 14.2. The first-order chi connectivity index (χ1) is 11.7. The van der Waals surface area contributed by atoms with Crippen LogP contribution >= 0.6 is 0 Å². The summed E-state index contributed by atoms with van der Waals surface area (Å²) in [6, 6.07) is 5.31. The number of alkyl halides is 3. The number of amides is 1. The highest BCUT2D eigenvalue weighted by Gasteiger charge is 2.43. The molecule has 25 heavy (non-hydrogen) atoms. The molecule has 1 heterocycles. The standard InChI is InChI=1S/C17H21F3N2O3/c1-12-3-4-14(11-13(12)2)15(23)25-10-9-21-5-7-22(8-6-21)16(24)17(18,19)20/h3-4,11H,5-10H2,1-2H3. The molecule has 0 unspecified atom stereocenters. The third kappa shape index (κ3) is 5.19. The van der Waals surface area contributed by atoms with E-state index in [1.165, 1.54) is 0 Å². The van der Waals surface area contributed by atoms with Gasteiger partial charge in [-0.05, 0) is 37.1 Å². The molecule has 5 nitrogen and oxygen atoms in total. The number of hydrogen-bond donors (Lipinski definition) is 0. The average Bonchev–Trinajstić information content (AvgIpc) is 2.56. The Hall–Kier alpha value is -2.09. The largest absolute Gasteiger partial charge is 0.471 e. The van der Waals surface area contributed by atoms with E-state index in [9.17, 15) is 22.8 Å². The van der Waals surface area contributed by atoms with E-state index in [0.29, 0.717) is 25.2 Å². The van der Waals surface area contributed by atoms with Crippen LogP contribution in [-0.4, -0.2) is 67.2 Å². The van der Waals surface area contributed by atoms with Crippen LogP contribution in [0.2, 0.25) is 0 Å². The van der Waals surface area contributed by atoms with Crippen molar-refractivity contribution < 1.29 is 27.5 Å². The number of rotatable bonds is 4. The summed E-state index contributed by atoms with van der Waals surface area (Å²) in [5.41, 5.74) is 2.56. The van der Waals surface area contributed by atoms with E-state index in [4.69, 9.17) is 4.74 Å². The zero-order valence-electron chi connectivity index (χ0n) is 14.2. The third-order valence-electron chi connectivity index (χ3n) is 4.29. The molecule has 1 aliphatic rings. The van der Waals surface area contributed by atoms with Crippen LogP contribution < -0.4 is 0 Å². The molecule has 0 aliphatic carbocycles. The van der Waals surface area contributed by atoms with Crippen molar-refractivity contribution in [3.05, 3.63) is 34.9 Å². The summed E-state index contributed by atoms with van der Waals surface area (Å²) in [4.78, 5) is 25.8. The molecular weight excluding hydrogens is 337 g/mol. The molecule has 0 spiro atoms. The van der Waals surface area contributed by atoms with Gasteiger partial charge in [-0.15, -0.1) is 0 Å². The number of nitrogens with zero attached hydrogens (tertiary/aromatic N) is 2. The molecule has 138 valence electrons. The minimum atomic E-state index is -4.83. The molecule has 0 radical (unpaired) electrons. The van der Waals surface area contributed by atoms with Crippen LogP contribution in [0.5, 0.6) is 0 Å². The normalized spacial score (nSPS) is 16.0. The summed E-state index contributed by atoms with van der Waals surface area (Å²) in [5.74, 6) is -2.22. The van der Waals surface area contributed by atoms with E-state index in [0.717, 1.165) is 16.0 Å². The van der Waals surface area contributed by atoms with E-state index in [-0.39, 0.29) is 19.7 Å². The summed E-state index contributed by atoms with van der Waals surface area (Å²) in [6.07, 6.45) is -4.83. The van der Waals surface area contributed by atoms with Gasteiger partial charge in [0.2, 0.25) is 0 Å². The van der Waals surface area contributed by atoms with Crippen molar-refractivity contribution in [2.45, 2.75) is 20.0 Å². The van der Waals surface area contributed by atoms with Gasteiger partial charge in [-0.2, -0.15) is 13.2 Å². The maximum Gasteiger partial charge on any atom is 0.471 e. The molecule has 1 aliphatic heterocycles. The number of hydrogen-bond acceptors (Lipinski definition) is 4. The van der Waals surface area contributed by atoms with Crippen LogP contribution in [0.25, 0.3) is 0 Å². The first-order valence-corrected chi connectivity index (χ1v) is 8.01. The first kappa shape index (κ1) is 19.2. The smallest absolute Gasteiger partial charge is 0.461 e. The van der Waals surface area contributed by atoms with Crippen LogP contribution in [-0.2, 0) is 9.53 Å². The lowest BCUT2D eigenvalue weighted by Gasteiger charge is -2.34. The first-order valence-electron chi connectivity index (χ1n) is 8.01. The number of carbonyl (C=O) groups excluding carboxylic acids is 2. The van der Waals surface area contributed by atoms with Gasteiger partial charge < -0.3 is 9.64 Å². The van der Waals surface area contributed by atoms with Crippen LogP contribution in [0.1, 0.15) is 21.5 Å². The van der Waals surface area contributed by atoms with Crippen LogP contribution in [0, 0.1) is 13.8 Å². The van der Waals surface area contributed by atoms with Gasteiger partial charge in [0, 0.05) is 32.7 Å². The fourth-order valence-electron chi connectivity index (χ4n) is 2.57. The molecular formula is C17H21F3N2O3. The quantitative estimate of drug-likeness (QED) is 0.774. The molecule has 0 bridgehead atoms. The molecule has 1 amide bonds. The summed E-state index contributed by atoms with van der Waals surface area (Å²) in [6.45, 7) is 5.12. The molecule has 1 fully saturated rings. The van der Waals surface area contributed by atoms with Crippen molar-refractivity contribution in [1.82, 2.24) is 9.80 Å². The van der Waals surface area contributed by atoms with Gasteiger partial charge in [-0.3, -0.25) is 9.69 Å². The second-order valence-electron chi connectivity index (χ2n) is 6.07. The minimum Gasteiger partial charge on any atom is -0.461 e. The monoisotopic (exact) mass is 358 g/mol. The van der Waals surface area contributed by atoms with Gasteiger partial charge in [0.1, 0.15) is 6.61 Å². The van der Waals surface area contributed by atoms with Gasteiger partial charge in [0.25, 0.3) is 0 Å². The van der Waals surface area contributed by atoms with Crippen molar-refractivity contribution in [3.63, 3.8) is 0 Å². The third-order valence-corrected chi connectivity index (χ3v) is 4.29. The Morgan fingerprint density at radius 2 is 1.72 bits per heavy atom. The predicted molar refractivity (Wildman–Crippen MR) is 85.3 cm³/mol. The van der Waals surface area contributed by atoms with Crippen molar-refractivity contribution in [2.75, 3.05) is 39.3 Å². The maximum atomic E-state index is 12.4. The van der Waals surface area contributed by atoms with E-state index in [1.807, 2.05) is 24.8 Å². The summed E-state index contributed by atoms with van der Waals surface area (Å²) in [7, 11) is 0. The lowest BCUT2D eigenvalue weighted by atomic mass is 10.1. The number of ether oxygens (including phenoxy) is 1. The van der Waals surface area contributed by atoms with E-state index in [1.54, 1.807) is 12.1 Å². The van der Waals surface area contributed by atoms with Gasteiger partial charge in [-0.1, -0.05) is 6.07 Å². The summed E-state index contributed by atoms with van der Waals surface area (Å²) in [5, 5.41) is 0. The maximum absolute atomic E-state index is 12.4. The molecule has 2 rings (SSSR count). The molecule has 1 aromatic rings. The van der Waals surface area contributed by atoms with Crippen molar-refractivity contribution in [1.29, 1.82) is 0 Å². The summed E-state index contributed by atoms with van der Waals surface area (Å²) < 4.78 is 42.3. The number of piperazine rings is 1. The summed E-state index contributed by atoms with van der Waals surface area (Å²) >= 11 is 0. The molecule has 1 aromatic carbocycles. The average molecular weight is 358 g/mol. The SMILES string of the molecule is Cc1ccc(C(=O)OCCN2CCN(C(=O)C(F)(F)F)CC2)cc1C. The van der Waals surface area contributed by atoms with E-state index < -0.39 is 18.1 Å². The van der Waals surface area contributed by atoms with Gasteiger partial charge in [0.15, 0.2) is 0 Å². The molecule has 0 atom stereocenters. The van der Waals surface area contributed by atoms with Crippen molar-refractivity contribution in [2.24, 2.45) is 0 Å². The predicted octanol–water partition coefficient (Wildman–Crippen LogP) is 2.17. The number of aryl methyl sites for hydroxylation is 2. The fourth-order valence-corrected chi connectivity index (χ4v) is 2.57. The van der Waals surface area contributed by atoms with Gasteiger partial charge in [0.05, 0.1) is 5.56 Å². The second kappa shape index (κ2) is 7.86. The highest BCUT2D eigenvalue weighted by atomic mass is 19.4. The Labute approximate surface area is 144 Å². The number of carbonyl (C=O) groups is 2. The Morgan fingerprint density at radius 1 is 1.08 bits per heavy atom. The topological polar surface area (TPSA) is 49.9 Å². The fraction of sp³-hybridized carbons (Fsp3) is 0.529. The lowest BCUT2D eigenvalue weighted by Crippen LogP contribution is -2.52. The Bertz CT molecular complexity index is 639. The second-order valence-corrected chi connectivity index (χ2v) is 6.07. The van der Waals surface area contributed by atoms with Gasteiger partial charge >= 0.3 is 18.1 Å². The van der Waals surface area contributed by atoms with Gasteiger partial charge in [-0.25, -0.2) is 4.79 Å². The van der Waals surface area contributed by atoms with E-state index in [2.05, 4.69) is 0 Å². The Balaban J connectivity index is 1.73. The van der Waals surface area contributed by atoms with Crippen LogP contribution in [0.3, 0.4) is 0 Å². The van der Waals surface area contributed by atoms with Crippen molar-refractivity contribution >= 4 is 11.9 Å². The number of benzene rings is 1. The molecule has 0 aromatic heterocycles. The number of halogens is 3. The van der Waals surface area contributed by atoms with Crippen LogP contribution in [0.15, 0.2) is 18.2 Å². The van der Waals surface area contributed by atoms with Crippen LogP contribution in [0.4, 0.5) is 13.2 Å².